The van der Waals surface area contributed by atoms with Gasteiger partial charge in [0.25, 0.3) is 0 Å². The molecular formula is C20H19N5OS. The van der Waals surface area contributed by atoms with Crippen LogP contribution >= 0.6 is 11.8 Å². The number of benzene rings is 2. The lowest BCUT2D eigenvalue weighted by Crippen LogP contribution is -2.14. The summed E-state index contributed by atoms with van der Waals surface area (Å²) in [5.41, 5.74) is 4.78. The van der Waals surface area contributed by atoms with Crippen molar-refractivity contribution in [2.45, 2.75) is 31.2 Å². The normalized spacial score (nSPS) is 12.4. The molecule has 2 aromatic heterocycles. The van der Waals surface area contributed by atoms with Crippen molar-refractivity contribution >= 4 is 28.4 Å². The summed E-state index contributed by atoms with van der Waals surface area (Å²) in [6.45, 7) is 5.94. The fraction of sp³-hybridized carbons (Fsp3) is 0.200. The van der Waals surface area contributed by atoms with Gasteiger partial charge in [0.15, 0.2) is 5.78 Å². The van der Waals surface area contributed by atoms with E-state index in [2.05, 4.69) is 26.6 Å². The average Bonchev–Trinajstić information content (AvgIpc) is 3.30. The number of H-pyrrole nitrogens is 1. The summed E-state index contributed by atoms with van der Waals surface area (Å²) in [7, 11) is 0. The summed E-state index contributed by atoms with van der Waals surface area (Å²) in [5.74, 6) is 0.0490. The summed E-state index contributed by atoms with van der Waals surface area (Å²) in [5, 5.41) is 13.3. The zero-order chi connectivity index (χ0) is 19.0. The third-order valence-corrected chi connectivity index (χ3v) is 5.57. The van der Waals surface area contributed by atoms with Crippen molar-refractivity contribution in [3.8, 4) is 5.69 Å². The number of carbonyl (C=O) groups is 1. The van der Waals surface area contributed by atoms with Gasteiger partial charge in [0.2, 0.25) is 5.16 Å². The summed E-state index contributed by atoms with van der Waals surface area (Å²) < 4.78 is 1.70. The summed E-state index contributed by atoms with van der Waals surface area (Å²) >= 11 is 1.36. The van der Waals surface area contributed by atoms with Gasteiger partial charge in [-0.15, -0.1) is 5.10 Å². The molecular weight excluding hydrogens is 358 g/mol. The van der Waals surface area contributed by atoms with Gasteiger partial charge in [0.1, 0.15) is 0 Å². The Morgan fingerprint density at radius 3 is 2.85 bits per heavy atom. The lowest BCUT2D eigenvalue weighted by molar-refractivity contribution is 0.0995. The average molecular weight is 377 g/mol. The summed E-state index contributed by atoms with van der Waals surface area (Å²) in [4.78, 5) is 16.2. The van der Waals surface area contributed by atoms with Crippen LogP contribution in [0.15, 0.2) is 53.8 Å². The molecule has 0 aliphatic carbocycles. The van der Waals surface area contributed by atoms with Crippen molar-refractivity contribution in [1.82, 2.24) is 25.2 Å². The molecule has 4 aromatic rings. The minimum atomic E-state index is -0.320. The predicted octanol–water partition coefficient (Wildman–Crippen LogP) is 4.12. The Labute approximate surface area is 161 Å². The highest BCUT2D eigenvalue weighted by Gasteiger charge is 2.23. The quantitative estimate of drug-likeness (QED) is 0.418. The molecule has 0 saturated heterocycles. The third kappa shape index (κ3) is 3.26. The number of rotatable bonds is 5. The van der Waals surface area contributed by atoms with Gasteiger partial charge >= 0.3 is 0 Å². The van der Waals surface area contributed by atoms with E-state index in [1.54, 1.807) is 10.9 Å². The second-order valence-corrected chi connectivity index (χ2v) is 7.84. The molecule has 1 unspecified atom stereocenters. The second kappa shape index (κ2) is 7.00. The number of thioether (sulfide) groups is 1. The van der Waals surface area contributed by atoms with Crippen LogP contribution in [0, 0.1) is 13.8 Å². The molecule has 136 valence electrons. The molecule has 4 rings (SSSR count). The standard InChI is InChI=1S/C20H19N5OS/c1-12-8-9-13(2)18(10-12)25-20(22-23-24-25)27-14(3)19(26)16-11-21-17-7-5-4-6-15(16)17/h4-11,14,21H,1-3H3. The predicted molar refractivity (Wildman–Crippen MR) is 107 cm³/mol. The molecule has 0 fully saturated rings. The maximum atomic E-state index is 13.0. The van der Waals surface area contributed by atoms with E-state index in [-0.39, 0.29) is 11.0 Å². The zero-order valence-electron chi connectivity index (χ0n) is 15.3. The topological polar surface area (TPSA) is 76.5 Å². The number of carbonyl (C=O) groups excluding carboxylic acids is 1. The highest BCUT2D eigenvalue weighted by atomic mass is 32.2. The van der Waals surface area contributed by atoms with Crippen molar-refractivity contribution in [2.75, 3.05) is 0 Å². The van der Waals surface area contributed by atoms with Crippen LogP contribution in [0.1, 0.15) is 28.4 Å². The maximum absolute atomic E-state index is 13.0. The monoisotopic (exact) mass is 377 g/mol. The summed E-state index contributed by atoms with van der Waals surface area (Å²) in [6.07, 6.45) is 1.78. The Bertz CT molecular complexity index is 1130. The third-order valence-electron chi connectivity index (χ3n) is 4.54. The molecule has 0 radical (unpaired) electrons. The zero-order valence-corrected chi connectivity index (χ0v) is 16.1. The van der Waals surface area contributed by atoms with Crippen molar-refractivity contribution < 1.29 is 4.79 Å². The molecule has 0 bridgehead atoms. The van der Waals surface area contributed by atoms with Crippen LogP contribution in [0.5, 0.6) is 0 Å². The van der Waals surface area contributed by atoms with E-state index >= 15 is 0 Å². The Balaban J connectivity index is 1.62. The van der Waals surface area contributed by atoms with Gasteiger partial charge in [-0.1, -0.05) is 42.1 Å². The number of nitrogens with zero attached hydrogens (tertiary/aromatic N) is 4. The van der Waals surface area contributed by atoms with Crippen LogP contribution in [0.3, 0.4) is 0 Å². The minimum Gasteiger partial charge on any atom is -0.360 e. The Hall–Kier alpha value is -2.93. The van der Waals surface area contributed by atoms with Gasteiger partial charge in [-0.2, -0.15) is 4.68 Å². The smallest absolute Gasteiger partial charge is 0.214 e. The molecule has 1 N–H and O–H groups in total. The molecule has 0 amide bonds. The molecule has 0 aliphatic rings. The number of para-hydroxylation sites is 1. The largest absolute Gasteiger partial charge is 0.360 e. The molecule has 27 heavy (non-hydrogen) atoms. The minimum absolute atomic E-state index is 0.0490. The first-order valence-electron chi connectivity index (χ1n) is 8.67. The highest BCUT2D eigenvalue weighted by molar-refractivity contribution is 8.00. The highest BCUT2D eigenvalue weighted by Crippen LogP contribution is 2.28. The van der Waals surface area contributed by atoms with Crippen LogP contribution in [-0.2, 0) is 0 Å². The first-order valence-corrected chi connectivity index (χ1v) is 9.55. The molecule has 2 heterocycles. The first-order chi connectivity index (χ1) is 13.0. The maximum Gasteiger partial charge on any atom is 0.214 e. The molecule has 1 atom stereocenters. The number of aryl methyl sites for hydroxylation is 2. The van der Waals surface area contributed by atoms with Crippen molar-refractivity contribution in [2.24, 2.45) is 0 Å². The van der Waals surface area contributed by atoms with Crippen LogP contribution in [0.2, 0.25) is 0 Å². The molecule has 0 spiro atoms. The van der Waals surface area contributed by atoms with Crippen LogP contribution in [0.25, 0.3) is 16.6 Å². The molecule has 2 aromatic carbocycles. The molecule has 0 aliphatic heterocycles. The second-order valence-electron chi connectivity index (χ2n) is 6.54. The number of Topliss-reactive ketones (excluding diaryl/α,β-unsaturated/α-hetero) is 1. The molecule has 6 nitrogen and oxygen atoms in total. The number of hydrogen-bond acceptors (Lipinski definition) is 5. The van der Waals surface area contributed by atoms with Crippen molar-refractivity contribution in [1.29, 1.82) is 0 Å². The Morgan fingerprint density at radius 2 is 2.00 bits per heavy atom. The lowest BCUT2D eigenvalue weighted by Gasteiger charge is -2.11. The van der Waals surface area contributed by atoms with E-state index in [0.29, 0.717) is 10.7 Å². The van der Waals surface area contributed by atoms with Gasteiger partial charge in [-0.3, -0.25) is 4.79 Å². The van der Waals surface area contributed by atoms with E-state index in [4.69, 9.17) is 0 Å². The van der Waals surface area contributed by atoms with E-state index < -0.39 is 0 Å². The van der Waals surface area contributed by atoms with Gasteiger partial charge in [-0.25, -0.2) is 0 Å². The molecule has 0 saturated carbocycles. The summed E-state index contributed by atoms with van der Waals surface area (Å²) in [6, 6.07) is 13.9. The van der Waals surface area contributed by atoms with E-state index in [0.717, 1.165) is 27.7 Å². The number of nitrogens with one attached hydrogen (secondary N) is 1. The van der Waals surface area contributed by atoms with Gasteiger partial charge < -0.3 is 4.98 Å². The number of ketones is 1. The van der Waals surface area contributed by atoms with Crippen LogP contribution in [-0.4, -0.2) is 36.2 Å². The van der Waals surface area contributed by atoms with Crippen molar-refractivity contribution in [3.05, 3.63) is 65.4 Å². The fourth-order valence-corrected chi connectivity index (χ4v) is 3.93. The van der Waals surface area contributed by atoms with E-state index in [1.807, 2.05) is 57.2 Å². The number of fused-ring (bicyclic) bond motifs is 1. The van der Waals surface area contributed by atoms with E-state index in [1.165, 1.54) is 11.8 Å². The Kier molecular flexibility index (Phi) is 4.53. The first kappa shape index (κ1) is 17.5. The fourth-order valence-electron chi connectivity index (χ4n) is 3.06. The number of aromatic nitrogens is 5. The number of hydrogen-bond donors (Lipinski definition) is 1. The van der Waals surface area contributed by atoms with Gasteiger partial charge in [-0.05, 0) is 54.5 Å². The molecule has 7 heteroatoms. The SMILES string of the molecule is Cc1ccc(C)c(-n2nnnc2SC(C)C(=O)c2c[nH]c3ccccc23)c1. The number of tetrazole rings is 1. The van der Waals surface area contributed by atoms with Gasteiger partial charge in [0, 0.05) is 22.7 Å². The van der Waals surface area contributed by atoms with Crippen LogP contribution in [0.4, 0.5) is 0 Å². The lowest BCUT2D eigenvalue weighted by atomic mass is 10.1. The van der Waals surface area contributed by atoms with E-state index in [9.17, 15) is 4.79 Å². The van der Waals surface area contributed by atoms with Gasteiger partial charge in [0.05, 0.1) is 10.9 Å². The van der Waals surface area contributed by atoms with Crippen LogP contribution < -0.4 is 0 Å². The Morgan fingerprint density at radius 1 is 1.19 bits per heavy atom. The number of aromatic amines is 1. The van der Waals surface area contributed by atoms with Crippen molar-refractivity contribution in [3.63, 3.8) is 0 Å².